The summed E-state index contributed by atoms with van der Waals surface area (Å²) in [5.41, 5.74) is 1.92. The minimum Gasteiger partial charge on any atom is -0.354 e. The SMILES string of the molecule is O=C1C[C@H](c2ccccc2)N(C(=O)[C@H]2C[C@@H]2c2cccc(Cl)c2Cl)CCN1. The lowest BCUT2D eigenvalue weighted by molar-refractivity contribution is -0.135. The summed E-state index contributed by atoms with van der Waals surface area (Å²) in [7, 11) is 0. The zero-order valence-electron chi connectivity index (χ0n) is 14.7. The van der Waals surface area contributed by atoms with Gasteiger partial charge in [-0.3, -0.25) is 9.59 Å². The lowest BCUT2D eigenvalue weighted by atomic mass is 10.0. The molecule has 4 rings (SSSR count). The number of halogens is 2. The van der Waals surface area contributed by atoms with E-state index in [1.54, 1.807) is 6.07 Å². The molecule has 2 aromatic carbocycles. The summed E-state index contributed by atoms with van der Waals surface area (Å²) in [6, 6.07) is 15.1. The van der Waals surface area contributed by atoms with E-state index >= 15 is 0 Å². The van der Waals surface area contributed by atoms with Gasteiger partial charge in [0.05, 0.1) is 22.5 Å². The minimum absolute atomic E-state index is 0.0237. The maximum atomic E-state index is 13.3. The summed E-state index contributed by atoms with van der Waals surface area (Å²) >= 11 is 12.5. The van der Waals surface area contributed by atoms with Gasteiger partial charge in [-0.05, 0) is 29.5 Å². The molecule has 27 heavy (non-hydrogen) atoms. The van der Waals surface area contributed by atoms with E-state index in [9.17, 15) is 9.59 Å². The van der Waals surface area contributed by atoms with Gasteiger partial charge in [0.1, 0.15) is 0 Å². The van der Waals surface area contributed by atoms with Crippen molar-refractivity contribution >= 4 is 35.0 Å². The first-order chi connectivity index (χ1) is 13.1. The standard InChI is InChI=1S/C21H20Cl2N2O2/c22-17-8-4-7-14(20(17)23)15-11-16(15)21(27)25-10-9-24-19(26)12-18(25)13-5-2-1-3-6-13/h1-8,15-16,18H,9-12H2,(H,24,26)/t15-,16+,18-/m1/s1. The first-order valence-corrected chi connectivity index (χ1v) is 9.88. The number of hydrogen-bond donors (Lipinski definition) is 1. The Balaban J connectivity index is 1.58. The summed E-state index contributed by atoms with van der Waals surface area (Å²) < 4.78 is 0. The number of nitrogens with zero attached hydrogens (tertiary/aromatic N) is 1. The van der Waals surface area contributed by atoms with E-state index in [4.69, 9.17) is 23.2 Å². The quantitative estimate of drug-likeness (QED) is 0.836. The Bertz CT molecular complexity index is 872. The van der Waals surface area contributed by atoms with Gasteiger partial charge in [-0.25, -0.2) is 0 Å². The average Bonchev–Trinajstić information content (AvgIpc) is 3.48. The third-order valence-corrected chi connectivity index (χ3v) is 6.22. The summed E-state index contributed by atoms with van der Waals surface area (Å²) in [5.74, 6) is 0.0400. The van der Waals surface area contributed by atoms with E-state index in [1.165, 1.54) is 0 Å². The van der Waals surface area contributed by atoms with Gasteiger partial charge in [-0.2, -0.15) is 0 Å². The predicted octanol–water partition coefficient (Wildman–Crippen LogP) is 4.19. The molecule has 0 aromatic heterocycles. The Morgan fingerprint density at radius 1 is 1.07 bits per heavy atom. The Morgan fingerprint density at radius 2 is 1.85 bits per heavy atom. The van der Waals surface area contributed by atoms with Crippen LogP contribution in [0.1, 0.15) is 35.9 Å². The second kappa shape index (κ2) is 7.53. The highest BCUT2D eigenvalue weighted by Crippen LogP contribution is 2.52. The molecule has 6 heteroatoms. The minimum atomic E-state index is -0.239. The predicted molar refractivity (Wildman–Crippen MR) is 106 cm³/mol. The fourth-order valence-corrected chi connectivity index (χ4v) is 4.35. The Morgan fingerprint density at radius 3 is 2.63 bits per heavy atom. The van der Waals surface area contributed by atoms with Gasteiger partial charge in [0.15, 0.2) is 0 Å². The van der Waals surface area contributed by atoms with E-state index in [-0.39, 0.29) is 36.1 Å². The molecule has 1 N–H and O–H groups in total. The van der Waals surface area contributed by atoms with Gasteiger partial charge >= 0.3 is 0 Å². The number of carbonyl (C=O) groups is 2. The molecule has 1 saturated carbocycles. The van der Waals surface area contributed by atoms with Gasteiger partial charge in [0, 0.05) is 19.0 Å². The number of benzene rings is 2. The second-order valence-electron chi connectivity index (χ2n) is 7.10. The van der Waals surface area contributed by atoms with Crippen molar-refractivity contribution in [2.45, 2.75) is 24.8 Å². The van der Waals surface area contributed by atoms with Crippen molar-refractivity contribution in [3.8, 4) is 0 Å². The molecule has 1 aliphatic heterocycles. The molecular weight excluding hydrogens is 383 g/mol. The van der Waals surface area contributed by atoms with Crippen LogP contribution in [0.5, 0.6) is 0 Å². The number of amides is 2. The number of nitrogens with one attached hydrogen (secondary N) is 1. The average molecular weight is 403 g/mol. The lowest BCUT2D eigenvalue weighted by Crippen LogP contribution is -2.37. The molecule has 2 fully saturated rings. The van der Waals surface area contributed by atoms with E-state index < -0.39 is 0 Å². The summed E-state index contributed by atoms with van der Waals surface area (Å²) in [5, 5.41) is 3.92. The molecule has 0 unspecified atom stereocenters. The van der Waals surface area contributed by atoms with Gasteiger partial charge in [0.2, 0.25) is 11.8 Å². The van der Waals surface area contributed by atoms with Crippen LogP contribution in [0.4, 0.5) is 0 Å². The van der Waals surface area contributed by atoms with E-state index in [1.807, 2.05) is 47.4 Å². The van der Waals surface area contributed by atoms with Gasteiger partial charge in [0.25, 0.3) is 0 Å². The highest BCUT2D eigenvalue weighted by Gasteiger charge is 2.48. The first kappa shape index (κ1) is 18.3. The van der Waals surface area contributed by atoms with Gasteiger partial charge in [-0.1, -0.05) is 65.7 Å². The van der Waals surface area contributed by atoms with Crippen molar-refractivity contribution in [1.82, 2.24) is 10.2 Å². The van der Waals surface area contributed by atoms with Crippen LogP contribution in [-0.2, 0) is 9.59 Å². The van der Waals surface area contributed by atoms with Crippen LogP contribution in [0.3, 0.4) is 0 Å². The van der Waals surface area contributed by atoms with E-state index in [2.05, 4.69) is 5.32 Å². The smallest absolute Gasteiger partial charge is 0.226 e. The molecule has 1 aliphatic carbocycles. The van der Waals surface area contributed by atoms with E-state index in [0.717, 1.165) is 17.5 Å². The molecule has 140 valence electrons. The zero-order valence-corrected chi connectivity index (χ0v) is 16.2. The first-order valence-electron chi connectivity index (χ1n) is 9.12. The van der Waals surface area contributed by atoms with Crippen LogP contribution in [0.15, 0.2) is 48.5 Å². The van der Waals surface area contributed by atoms with Crippen LogP contribution in [0.25, 0.3) is 0 Å². The third kappa shape index (κ3) is 3.69. The Kier molecular flexibility index (Phi) is 5.11. The van der Waals surface area contributed by atoms with Crippen LogP contribution in [-0.4, -0.2) is 29.8 Å². The van der Waals surface area contributed by atoms with Crippen LogP contribution in [0.2, 0.25) is 10.0 Å². The maximum Gasteiger partial charge on any atom is 0.226 e. The van der Waals surface area contributed by atoms with Crippen molar-refractivity contribution in [1.29, 1.82) is 0 Å². The van der Waals surface area contributed by atoms with Crippen molar-refractivity contribution in [3.63, 3.8) is 0 Å². The molecule has 1 saturated heterocycles. The highest BCUT2D eigenvalue weighted by atomic mass is 35.5. The number of hydrogen-bond acceptors (Lipinski definition) is 2. The fraction of sp³-hybridized carbons (Fsp3) is 0.333. The van der Waals surface area contributed by atoms with Crippen molar-refractivity contribution in [3.05, 3.63) is 69.7 Å². The Labute approximate surface area is 168 Å². The molecule has 2 amide bonds. The van der Waals surface area contributed by atoms with Crippen molar-refractivity contribution < 1.29 is 9.59 Å². The molecular formula is C21H20Cl2N2O2. The monoisotopic (exact) mass is 402 g/mol. The van der Waals surface area contributed by atoms with Crippen LogP contribution < -0.4 is 5.32 Å². The fourth-order valence-electron chi connectivity index (χ4n) is 3.90. The normalized spacial score (nSPS) is 24.9. The second-order valence-corrected chi connectivity index (χ2v) is 7.89. The van der Waals surface area contributed by atoms with Gasteiger partial charge in [-0.15, -0.1) is 0 Å². The maximum absolute atomic E-state index is 13.3. The molecule has 3 atom stereocenters. The number of carbonyl (C=O) groups excluding carboxylic acids is 2. The molecule has 2 aromatic rings. The zero-order chi connectivity index (χ0) is 19.0. The topological polar surface area (TPSA) is 49.4 Å². The lowest BCUT2D eigenvalue weighted by Gasteiger charge is -2.30. The molecule has 2 aliphatic rings. The Hall–Kier alpha value is -2.04. The highest BCUT2D eigenvalue weighted by molar-refractivity contribution is 6.42. The van der Waals surface area contributed by atoms with Gasteiger partial charge < -0.3 is 10.2 Å². The molecule has 4 nitrogen and oxygen atoms in total. The van der Waals surface area contributed by atoms with Crippen LogP contribution in [0, 0.1) is 5.92 Å². The molecule has 0 spiro atoms. The largest absolute Gasteiger partial charge is 0.354 e. The molecule has 1 heterocycles. The molecule has 0 bridgehead atoms. The van der Waals surface area contributed by atoms with Crippen molar-refractivity contribution in [2.24, 2.45) is 5.92 Å². The summed E-state index contributed by atoms with van der Waals surface area (Å²) in [6.45, 7) is 0.986. The molecule has 0 radical (unpaired) electrons. The third-order valence-electron chi connectivity index (χ3n) is 5.39. The summed E-state index contributed by atoms with van der Waals surface area (Å²) in [6.07, 6.45) is 1.04. The number of rotatable bonds is 3. The summed E-state index contributed by atoms with van der Waals surface area (Å²) in [4.78, 5) is 27.3. The van der Waals surface area contributed by atoms with E-state index in [0.29, 0.717) is 23.1 Å². The van der Waals surface area contributed by atoms with Crippen molar-refractivity contribution in [2.75, 3.05) is 13.1 Å². The van der Waals surface area contributed by atoms with Crippen LogP contribution >= 0.6 is 23.2 Å².